The van der Waals surface area contributed by atoms with Crippen LogP contribution in [-0.4, -0.2) is 44.2 Å². The molecular weight excluding hydrogens is 220 g/mol. The van der Waals surface area contributed by atoms with Crippen molar-refractivity contribution in [2.24, 2.45) is 5.84 Å². The molecule has 0 unspecified atom stereocenters. The number of nitriles is 1. The van der Waals surface area contributed by atoms with E-state index in [-0.39, 0.29) is 5.91 Å². The van der Waals surface area contributed by atoms with Crippen molar-refractivity contribution in [2.45, 2.75) is 25.7 Å². The van der Waals surface area contributed by atoms with E-state index in [0.29, 0.717) is 19.4 Å². The quantitative estimate of drug-likeness (QED) is 0.244. The molecule has 3 N–H and O–H groups in total. The average molecular weight is 242 g/mol. The van der Waals surface area contributed by atoms with Crippen LogP contribution in [0.4, 0.5) is 0 Å². The summed E-state index contributed by atoms with van der Waals surface area (Å²) in [6.07, 6.45) is 2.70. The molecule has 0 spiro atoms. The summed E-state index contributed by atoms with van der Waals surface area (Å²) in [6.45, 7) is 3.11. The minimum absolute atomic E-state index is 0.134. The Morgan fingerprint density at radius 3 is 2.76 bits per heavy atom. The maximum absolute atomic E-state index is 10.9. The second-order valence-electron chi connectivity index (χ2n) is 3.77. The van der Waals surface area contributed by atoms with E-state index in [4.69, 9.17) is 15.8 Å². The molecule has 0 saturated heterocycles. The predicted molar refractivity (Wildman–Crippen MR) is 64.7 cm³/mol. The Morgan fingerprint density at radius 1 is 1.41 bits per heavy atom. The van der Waals surface area contributed by atoms with Crippen LogP contribution in [0.2, 0.25) is 0 Å². The lowest BCUT2D eigenvalue weighted by Gasteiger charge is -2.20. The number of rotatable bonds is 10. The Balaban J connectivity index is 3.67. The zero-order valence-corrected chi connectivity index (χ0v) is 10.4. The number of unbranched alkanes of at least 4 members (excludes halogenated alkanes) is 1. The van der Waals surface area contributed by atoms with E-state index < -0.39 is 0 Å². The van der Waals surface area contributed by atoms with Gasteiger partial charge in [-0.25, -0.2) is 5.84 Å². The number of carbonyl (C=O) groups excluding carboxylic acids is 1. The Morgan fingerprint density at radius 2 is 2.18 bits per heavy atom. The van der Waals surface area contributed by atoms with Crippen molar-refractivity contribution >= 4 is 5.91 Å². The molecule has 0 rings (SSSR count). The summed E-state index contributed by atoms with van der Waals surface area (Å²) in [5.41, 5.74) is 2.11. The molecule has 0 fully saturated rings. The van der Waals surface area contributed by atoms with Crippen LogP contribution in [0.3, 0.4) is 0 Å². The molecule has 98 valence electrons. The standard InChI is InChI=1S/C11H22N4O2/c1-17-10-9-15(8-4-6-12)7-3-2-5-11(16)14-13/h2-5,7-10,13H2,1H3,(H,14,16). The summed E-state index contributed by atoms with van der Waals surface area (Å²) in [4.78, 5) is 13.1. The number of carbonyl (C=O) groups is 1. The lowest BCUT2D eigenvalue weighted by Crippen LogP contribution is -2.31. The van der Waals surface area contributed by atoms with Crippen LogP contribution in [0.25, 0.3) is 0 Å². The third kappa shape index (κ3) is 9.75. The van der Waals surface area contributed by atoms with E-state index in [0.717, 1.165) is 32.5 Å². The maximum atomic E-state index is 10.9. The Hall–Kier alpha value is -1.16. The minimum Gasteiger partial charge on any atom is -0.383 e. The molecular formula is C11H22N4O2. The van der Waals surface area contributed by atoms with Gasteiger partial charge in [0, 0.05) is 33.0 Å². The third-order valence-electron chi connectivity index (χ3n) is 2.44. The topological polar surface area (TPSA) is 91.4 Å². The van der Waals surface area contributed by atoms with E-state index in [1.807, 2.05) is 0 Å². The molecule has 17 heavy (non-hydrogen) atoms. The van der Waals surface area contributed by atoms with Crippen LogP contribution in [-0.2, 0) is 9.53 Å². The highest BCUT2D eigenvalue weighted by atomic mass is 16.5. The van der Waals surface area contributed by atoms with Gasteiger partial charge in [0.25, 0.3) is 0 Å². The molecule has 0 aromatic heterocycles. The molecule has 0 aliphatic carbocycles. The monoisotopic (exact) mass is 242 g/mol. The molecule has 0 aromatic carbocycles. The van der Waals surface area contributed by atoms with E-state index in [2.05, 4.69) is 16.4 Å². The summed E-state index contributed by atoms with van der Waals surface area (Å²) < 4.78 is 5.01. The van der Waals surface area contributed by atoms with Gasteiger partial charge in [0.2, 0.25) is 5.91 Å². The smallest absolute Gasteiger partial charge is 0.233 e. The largest absolute Gasteiger partial charge is 0.383 e. The molecule has 0 bridgehead atoms. The Bertz CT molecular complexity index is 240. The van der Waals surface area contributed by atoms with Gasteiger partial charge in [-0.2, -0.15) is 5.26 Å². The first-order chi connectivity index (χ1) is 8.24. The van der Waals surface area contributed by atoms with Crippen LogP contribution in [0.1, 0.15) is 25.7 Å². The van der Waals surface area contributed by atoms with Gasteiger partial charge in [-0.3, -0.25) is 10.2 Å². The van der Waals surface area contributed by atoms with Crippen LogP contribution in [0.15, 0.2) is 0 Å². The van der Waals surface area contributed by atoms with Crippen LogP contribution in [0.5, 0.6) is 0 Å². The summed E-state index contributed by atoms with van der Waals surface area (Å²) in [5.74, 6) is 4.85. The fourth-order valence-corrected chi connectivity index (χ4v) is 1.46. The fourth-order valence-electron chi connectivity index (χ4n) is 1.46. The molecule has 0 saturated carbocycles. The number of methoxy groups -OCH3 is 1. The van der Waals surface area contributed by atoms with Gasteiger partial charge in [-0.15, -0.1) is 0 Å². The zero-order chi connectivity index (χ0) is 12.9. The van der Waals surface area contributed by atoms with E-state index in [1.54, 1.807) is 7.11 Å². The first kappa shape index (κ1) is 15.8. The van der Waals surface area contributed by atoms with Gasteiger partial charge in [-0.05, 0) is 19.4 Å². The van der Waals surface area contributed by atoms with E-state index in [1.165, 1.54) is 0 Å². The molecule has 0 aliphatic rings. The van der Waals surface area contributed by atoms with Crippen molar-refractivity contribution in [3.63, 3.8) is 0 Å². The van der Waals surface area contributed by atoms with Gasteiger partial charge in [-0.1, -0.05) is 0 Å². The van der Waals surface area contributed by atoms with Gasteiger partial charge < -0.3 is 9.64 Å². The summed E-state index contributed by atoms with van der Waals surface area (Å²) >= 11 is 0. The summed E-state index contributed by atoms with van der Waals surface area (Å²) in [5, 5.41) is 8.54. The number of hydrogen-bond acceptors (Lipinski definition) is 5. The zero-order valence-electron chi connectivity index (χ0n) is 10.4. The lowest BCUT2D eigenvalue weighted by atomic mass is 10.2. The number of nitrogens with zero attached hydrogens (tertiary/aromatic N) is 2. The number of hydrogen-bond donors (Lipinski definition) is 2. The molecule has 6 nitrogen and oxygen atoms in total. The molecule has 0 aliphatic heterocycles. The van der Waals surface area contributed by atoms with Crippen molar-refractivity contribution < 1.29 is 9.53 Å². The predicted octanol–water partition coefficient (Wildman–Crippen LogP) is 0.00868. The Labute approximate surface area is 103 Å². The number of ether oxygens (including phenoxy) is 1. The highest BCUT2D eigenvalue weighted by Crippen LogP contribution is 2.00. The summed E-state index contributed by atoms with van der Waals surface area (Å²) in [6, 6.07) is 2.13. The SMILES string of the molecule is COCCN(CCC#N)CCCCC(=O)NN. The van der Waals surface area contributed by atoms with Crippen molar-refractivity contribution in [3.8, 4) is 6.07 Å². The molecule has 6 heteroatoms. The fraction of sp³-hybridized carbons (Fsp3) is 0.818. The first-order valence-electron chi connectivity index (χ1n) is 5.82. The highest BCUT2D eigenvalue weighted by Gasteiger charge is 2.05. The molecule has 0 radical (unpaired) electrons. The lowest BCUT2D eigenvalue weighted by molar-refractivity contribution is -0.121. The van der Waals surface area contributed by atoms with E-state index in [9.17, 15) is 4.79 Å². The van der Waals surface area contributed by atoms with Crippen LogP contribution < -0.4 is 11.3 Å². The molecule has 1 amide bonds. The number of nitrogens with two attached hydrogens (primary N) is 1. The summed E-state index contributed by atoms with van der Waals surface area (Å²) in [7, 11) is 1.66. The second-order valence-corrected chi connectivity index (χ2v) is 3.77. The molecule has 0 heterocycles. The number of hydrazine groups is 1. The van der Waals surface area contributed by atoms with Crippen molar-refractivity contribution in [3.05, 3.63) is 0 Å². The van der Waals surface area contributed by atoms with Gasteiger partial charge in [0.15, 0.2) is 0 Å². The van der Waals surface area contributed by atoms with Gasteiger partial charge in [0.1, 0.15) is 0 Å². The maximum Gasteiger partial charge on any atom is 0.233 e. The van der Waals surface area contributed by atoms with E-state index >= 15 is 0 Å². The second kappa shape index (κ2) is 11.3. The molecule has 0 atom stereocenters. The normalized spacial score (nSPS) is 10.2. The minimum atomic E-state index is -0.134. The number of nitrogens with one attached hydrogen (secondary N) is 1. The average Bonchev–Trinajstić information content (AvgIpc) is 2.36. The third-order valence-corrected chi connectivity index (χ3v) is 2.44. The highest BCUT2D eigenvalue weighted by molar-refractivity contribution is 5.75. The van der Waals surface area contributed by atoms with Crippen molar-refractivity contribution in [1.82, 2.24) is 10.3 Å². The first-order valence-corrected chi connectivity index (χ1v) is 5.82. The van der Waals surface area contributed by atoms with Gasteiger partial charge >= 0.3 is 0 Å². The van der Waals surface area contributed by atoms with Crippen LogP contribution >= 0.6 is 0 Å². The van der Waals surface area contributed by atoms with Crippen molar-refractivity contribution in [2.75, 3.05) is 33.4 Å². The number of amides is 1. The van der Waals surface area contributed by atoms with Crippen molar-refractivity contribution in [1.29, 1.82) is 5.26 Å². The molecule has 0 aromatic rings. The Kier molecular flexibility index (Phi) is 10.6. The van der Waals surface area contributed by atoms with Gasteiger partial charge in [0.05, 0.1) is 12.7 Å². The van der Waals surface area contributed by atoms with Crippen LogP contribution in [0, 0.1) is 11.3 Å².